The van der Waals surface area contributed by atoms with Crippen LogP contribution in [0.4, 0.5) is 0 Å². The molecule has 0 atom stereocenters. The number of aromatic amines is 1. The molecule has 0 spiro atoms. The van der Waals surface area contributed by atoms with Crippen molar-refractivity contribution in [2.24, 2.45) is 0 Å². The fourth-order valence-corrected chi connectivity index (χ4v) is 2.16. The van der Waals surface area contributed by atoms with Crippen molar-refractivity contribution in [2.75, 3.05) is 13.1 Å². The van der Waals surface area contributed by atoms with Crippen molar-refractivity contribution in [1.82, 2.24) is 14.9 Å². The summed E-state index contributed by atoms with van der Waals surface area (Å²) in [6, 6.07) is 5.63. The summed E-state index contributed by atoms with van der Waals surface area (Å²) in [5, 5.41) is 0. The lowest BCUT2D eigenvalue weighted by Crippen LogP contribution is -2.27. The quantitative estimate of drug-likeness (QED) is 0.788. The highest BCUT2D eigenvalue weighted by Gasteiger charge is 2.20. The van der Waals surface area contributed by atoms with Gasteiger partial charge in [-0.1, -0.05) is 0 Å². The summed E-state index contributed by atoms with van der Waals surface area (Å²) in [4.78, 5) is 21.3. The second kappa shape index (κ2) is 3.63. The fourth-order valence-electron chi connectivity index (χ4n) is 2.16. The van der Waals surface area contributed by atoms with Gasteiger partial charge in [-0.15, -0.1) is 0 Å². The van der Waals surface area contributed by atoms with Crippen LogP contribution in [0.25, 0.3) is 11.0 Å². The van der Waals surface area contributed by atoms with E-state index in [1.807, 2.05) is 23.1 Å². The van der Waals surface area contributed by atoms with Crippen molar-refractivity contribution in [1.29, 1.82) is 0 Å². The predicted molar refractivity (Wildman–Crippen MR) is 61.2 cm³/mol. The minimum absolute atomic E-state index is 0.0931. The van der Waals surface area contributed by atoms with E-state index in [9.17, 15) is 4.79 Å². The van der Waals surface area contributed by atoms with Crippen molar-refractivity contribution in [3.8, 4) is 0 Å². The smallest absolute Gasteiger partial charge is 0.270 e. The summed E-state index contributed by atoms with van der Waals surface area (Å²) in [5.41, 5.74) is 2.42. The van der Waals surface area contributed by atoms with E-state index in [0.717, 1.165) is 37.0 Å². The second-order valence-corrected chi connectivity index (χ2v) is 4.12. The first kappa shape index (κ1) is 9.39. The molecule has 1 amide bonds. The van der Waals surface area contributed by atoms with Crippen LogP contribution in [0.1, 0.15) is 23.3 Å². The molecule has 0 unspecified atom stereocenters. The Balaban J connectivity index is 1.96. The fraction of sp³-hybridized carbons (Fsp3) is 0.333. The number of nitrogens with zero attached hydrogens (tertiary/aromatic N) is 2. The van der Waals surface area contributed by atoms with Gasteiger partial charge in [0.25, 0.3) is 5.91 Å². The summed E-state index contributed by atoms with van der Waals surface area (Å²) in [6.07, 6.45) is 3.97. The maximum Gasteiger partial charge on any atom is 0.270 e. The first-order valence-corrected chi connectivity index (χ1v) is 5.57. The molecule has 2 aromatic rings. The lowest BCUT2D eigenvalue weighted by atomic mass is 10.3. The van der Waals surface area contributed by atoms with Crippen LogP contribution in [0.2, 0.25) is 0 Å². The zero-order chi connectivity index (χ0) is 11.0. The van der Waals surface area contributed by atoms with Crippen molar-refractivity contribution in [3.05, 3.63) is 30.1 Å². The molecule has 1 fully saturated rings. The number of pyridine rings is 1. The lowest BCUT2D eigenvalue weighted by Gasteiger charge is -2.13. The van der Waals surface area contributed by atoms with Gasteiger partial charge in [0, 0.05) is 19.3 Å². The van der Waals surface area contributed by atoms with Crippen LogP contribution >= 0.6 is 0 Å². The third-order valence-electron chi connectivity index (χ3n) is 3.01. The van der Waals surface area contributed by atoms with E-state index < -0.39 is 0 Å². The third-order valence-corrected chi connectivity index (χ3v) is 3.01. The van der Waals surface area contributed by atoms with Gasteiger partial charge < -0.3 is 9.88 Å². The predicted octanol–water partition coefficient (Wildman–Crippen LogP) is 1.80. The Hall–Kier alpha value is -1.84. The standard InChI is InChI=1S/C12H13N3O/c16-12(15-6-1-2-7-15)11-8-10-9(14-11)4-3-5-13-10/h3-5,8,14H,1-2,6-7H2. The van der Waals surface area contributed by atoms with Crippen LogP contribution in [0.3, 0.4) is 0 Å². The second-order valence-electron chi connectivity index (χ2n) is 4.12. The van der Waals surface area contributed by atoms with Crippen LogP contribution in [0.5, 0.6) is 0 Å². The molecular formula is C12H13N3O. The Labute approximate surface area is 93.3 Å². The first-order chi connectivity index (χ1) is 7.84. The maximum atomic E-state index is 12.1. The highest BCUT2D eigenvalue weighted by Crippen LogP contribution is 2.16. The number of hydrogen-bond donors (Lipinski definition) is 1. The molecule has 16 heavy (non-hydrogen) atoms. The highest BCUT2D eigenvalue weighted by molar-refractivity contribution is 5.97. The first-order valence-electron chi connectivity index (χ1n) is 5.57. The Morgan fingerprint density at radius 3 is 2.94 bits per heavy atom. The number of hydrogen-bond acceptors (Lipinski definition) is 2. The Morgan fingerprint density at radius 1 is 1.38 bits per heavy atom. The molecule has 4 heteroatoms. The zero-order valence-electron chi connectivity index (χ0n) is 8.94. The number of rotatable bonds is 1. The molecule has 0 bridgehead atoms. The summed E-state index contributed by atoms with van der Waals surface area (Å²) in [6.45, 7) is 1.75. The number of carbonyl (C=O) groups is 1. The number of likely N-dealkylation sites (tertiary alicyclic amines) is 1. The Morgan fingerprint density at radius 2 is 2.19 bits per heavy atom. The molecule has 1 N–H and O–H groups in total. The number of fused-ring (bicyclic) bond motifs is 1. The van der Waals surface area contributed by atoms with Crippen molar-refractivity contribution < 1.29 is 4.79 Å². The molecular weight excluding hydrogens is 202 g/mol. The average Bonchev–Trinajstić information content (AvgIpc) is 2.97. The van der Waals surface area contributed by atoms with E-state index in [4.69, 9.17) is 0 Å². The zero-order valence-corrected chi connectivity index (χ0v) is 8.94. The minimum atomic E-state index is 0.0931. The van der Waals surface area contributed by atoms with E-state index in [1.165, 1.54) is 0 Å². The van der Waals surface area contributed by atoms with E-state index >= 15 is 0 Å². The van der Waals surface area contributed by atoms with Crippen LogP contribution in [-0.2, 0) is 0 Å². The van der Waals surface area contributed by atoms with E-state index in [-0.39, 0.29) is 5.91 Å². The summed E-state index contributed by atoms with van der Waals surface area (Å²) in [5.74, 6) is 0.0931. The molecule has 4 nitrogen and oxygen atoms in total. The Kier molecular flexibility index (Phi) is 2.13. The minimum Gasteiger partial charge on any atom is -0.349 e. The van der Waals surface area contributed by atoms with Crippen LogP contribution in [-0.4, -0.2) is 33.9 Å². The lowest BCUT2D eigenvalue weighted by molar-refractivity contribution is 0.0788. The molecule has 2 aromatic heterocycles. The molecule has 0 saturated carbocycles. The van der Waals surface area contributed by atoms with Gasteiger partial charge in [0.15, 0.2) is 0 Å². The summed E-state index contributed by atoms with van der Waals surface area (Å²) < 4.78 is 0. The molecule has 1 saturated heterocycles. The van der Waals surface area contributed by atoms with E-state index in [0.29, 0.717) is 5.69 Å². The number of nitrogens with one attached hydrogen (secondary N) is 1. The van der Waals surface area contributed by atoms with Gasteiger partial charge in [0.1, 0.15) is 5.69 Å². The van der Waals surface area contributed by atoms with Crippen molar-refractivity contribution in [2.45, 2.75) is 12.8 Å². The van der Waals surface area contributed by atoms with Crippen LogP contribution < -0.4 is 0 Å². The molecule has 3 rings (SSSR count). The van der Waals surface area contributed by atoms with E-state index in [2.05, 4.69) is 9.97 Å². The van der Waals surface area contributed by atoms with Gasteiger partial charge in [-0.25, -0.2) is 0 Å². The number of carbonyl (C=O) groups excluding carboxylic acids is 1. The van der Waals surface area contributed by atoms with Gasteiger partial charge in [-0.05, 0) is 31.0 Å². The van der Waals surface area contributed by atoms with Gasteiger partial charge >= 0.3 is 0 Å². The molecule has 1 aliphatic rings. The summed E-state index contributed by atoms with van der Waals surface area (Å²) in [7, 11) is 0. The molecule has 0 aliphatic carbocycles. The third kappa shape index (κ3) is 1.46. The number of amides is 1. The van der Waals surface area contributed by atoms with Gasteiger partial charge in [-0.2, -0.15) is 0 Å². The average molecular weight is 215 g/mol. The number of H-pyrrole nitrogens is 1. The van der Waals surface area contributed by atoms with Crippen LogP contribution in [0, 0.1) is 0 Å². The maximum absolute atomic E-state index is 12.1. The Bertz CT molecular complexity index is 493. The topological polar surface area (TPSA) is 49.0 Å². The number of aromatic nitrogens is 2. The monoisotopic (exact) mass is 215 g/mol. The highest BCUT2D eigenvalue weighted by atomic mass is 16.2. The molecule has 0 radical (unpaired) electrons. The van der Waals surface area contributed by atoms with Crippen molar-refractivity contribution in [3.63, 3.8) is 0 Å². The van der Waals surface area contributed by atoms with E-state index in [1.54, 1.807) is 6.20 Å². The normalized spacial score (nSPS) is 15.9. The molecule has 1 aliphatic heterocycles. The van der Waals surface area contributed by atoms with Gasteiger partial charge in [0.2, 0.25) is 0 Å². The SMILES string of the molecule is O=C(c1cc2ncccc2[nH]1)N1CCCC1. The molecule has 3 heterocycles. The van der Waals surface area contributed by atoms with Gasteiger partial charge in [-0.3, -0.25) is 9.78 Å². The summed E-state index contributed by atoms with van der Waals surface area (Å²) >= 11 is 0. The van der Waals surface area contributed by atoms with Gasteiger partial charge in [0.05, 0.1) is 11.0 Å². The largest absolute Gasteiger partial charge is 0.349 e. The molecule has 82 valence electrons. The molecule has 0 aromatic carbocycles. The van der Waals surface area contributed by atoms with Crippen molar-refractivity contribution >= 4 is 16.9 Å². The van der Waals surface area contributed by atoms with Crippen LogP contribution in [0.15, 0.2) is 24.4 Å².